The maximum absolute atomic E-state index is 13.0. The molecular weight excluding hydrogens is 262 g/mol. The normalized spacial score (nSPS) is 11.8. The monoisotopic (exact) mass is 273 g/mol. The first-order valence-electron chi connectivity index (χ1n) is 5.47. The third-order valence-electron chi connectivity index (χ3n) is 2.54. The van der Waals surface area contributed by atoms with Gasteiger partial charge in [-0.1, -0.05) is 0 Å². The maximum atomic E-state index is 13.0. The van der Waals surface area contributed by atoms with Gasteiger partial charge in [0.2, 0.25) is 0 Å². The standard InChI is InChI=1S/C12H11F4N3/c1-17-5-8-6-18-11(19-8)9-3-2-7(13)4-10(9)12(14,15)16/h2-4,6,17H,5H2,1H3,(H,18,19). The zero-order valence-corrected chi connectivity index (χ0v) is 9.98. The molecule has 102 valence electrons. The van der Waals surface area contributed by atoms with Gasteiger partial charge in [-0.3, -0.25) is 0 Å². The Morgan fingerprint density at radius 3 is 2.68 bits per heavy atom. The van der Waals surface area contributed by atoms with Crippen molar-refractivity contribution in [3.05, 3.63) is 41.5 Å². The Morgan fingerprint density at radius 1 is 1.32 bits per heavy atom. The van der Waals surface area contributed by atoms with Crippen LogP contribution in [0.3, 0.4) is 0 Å². The SMILES string of the molecule is CNCc1cnc(-c2ccc(F)cc2C(F)(F)F)[nH]1. The van der Waals surface area contributed by atoms with E-state index in [1.54, 1.807) is 7.05 Å². The summed E-state index contributed by atoms with van der Waals surface area (Å²) in [7, 11) is 1.71. The van der Waals surface area contributed by atoms with Gasteiger partial charge in [0.15, 0.2) is 0 Å². The van der Waals surface area contributed by atoms with Gasteiger partial charge in [0, 0.05) is 24.0 Å². The number of aromatic nitrogens is 2. The lowest BCUT2D eigenvalue weighted by molar-refractivity contribution is -0.137. The average molecular weight is 273 g/mol. The molecule has 19 heavy (non-hydrogen) atoms. The molecule has 0 saturated heterocycles. The zero-order valence-electron chi connectivity index (χ0n) is 9.98. The van der Waals surface area contributed by atoms with Crippen molar-refractivity contribution < 1.29 is 17.6 Å². The summed E-state index contributed by atoms with van der Waals surface area (Å²) >= 11 is 0. The number of rotatable bonds is 3. The van der Waals surface area contributed by atoms with Crippen LogP contribution in [-0.4, -0.2) is 17.0 Å². The second-order valence-electron chi connectivity index (χ2n) is 3.98. The van der Waals surface area contributed by atoms with Gasteiger partial charge >= 0.3 is 6.18 Å². The van der Waals surface area contributed by atoms with Crippen LogP contribution >= 0.6 is 0 Å². The van der Waals surface area contributed by atoms with Crippen LogP contribution < -0.4 is 5.32 Å². The molecule has 0 radical (unpaired) electrons. The molecule has 3 nitrogen and oxygen atoms in total. The van der Waals surface area contributed by atoms with Gasteiger partial charge in [0.05, 0.1) is 5.56 Å². The topological polar surface area (TPSA) is 40.7 Å². The smallest absolute Gasteiger partial charge is 0.341 e. The maximum Gasteiger partial charge on any atom is 0.417 e. The van der Waals surface area contributed by atoms with Gasteiger partial charge in [0.25, 0.3) is 0 Å². The van der Waals surface area contributed by atoms with Gasteiger partial charge in [-0.15, -0.1) is 0 Å². The first kappa shape index (κ1) is 13.5. The summed E-state index contributed by atoms with van der Waals surface area (Å²) in [6, 6.07) is 2.51. The summed E-state index contributed by atoms with van der Waals surface area (Å²) in [5.74, 6) is -0.865. The van der Waals surface area contributed by atoms with Gasteiger partial charge < -0.3 is 10.3 Å². The number of hydrogen-bond acceptors (Lipinski definition) is 2. The lowest BCUT2D eigenvalue weighted by Crippen LogP contribution is -2.08. The van der Waals surface area contributed by atoms with Crippen molar-refractivity contribution in [3.8, 4) is 11.4 Å². The fourth-order valence-electron chi connectivity index (χ4n) is 1.73. The first-order chi connectivity index (χ1) is 8.91. The van der Waals surface area contributed by atoms with E-state index in [0.717, 1.165) is 12.1 Å². The Morgan fingerprint density at radius 2 is 2.05 bits per heavy atom. The molecule has 0 fully saturated rings. The highest BCUT2D eigenvalue weighted by Gasteiger charge is 2.34. The molecule has 1 aromatic heterocycles. The molecule has 0 aliphatic heterocycles. The molecule has 0 spiro atoms. The molecule has 0 atom stereocenters. The van der Waals surface area contributed by atoms with Crippen LogP contribution in [0.4, 0.5) is 17.6 Å². The van der Waals surface area contributed by atoms with Crippen LogP contribution in [0, 0.1) is 5.82 Å². The predicted octanol–water partition coefficient (Wildman–Crippen LogP) is 2.95. The largest absolute Gasteiger partial charge is 0.417 e. The number of halogens is 4. The van der Waals surface area contributed by atoms with Crippen LogP contribution in [0.5, 0.6) is 0 Å². The minimum absolute atomic E-state index is 0.0672. The molecule has 0 saturated carbocycles. The minimum atomic E-state index is -4.63. The highest BCUT2D eigenvalue weighted by molar-refractivity contribution is 5.61. The third-order valence-corrected chi connectivity index (χ3v) is 2.54. The lowest BCUT2D eigenvalue weighted by Gasteiger charge is -2.11. The van der Waals surface area contributed by atoms with Crippen LogP contribution in [0.15, 0.2) is 24.4 Å². The number of nitrogens with one attached hydrogen (secondary N) is 2. The molecule has 0 amide bonds. The van der Waals surface area contributed by atoms with Crippen molar-refractivity contribution in [1.29, 1.82) is 0 Å². The Labute approximate surface area is 106 Å². The van der Waals surface area contributed by atoms with Crippen molar-refractivity contribution >= 4 is 0 Å². The predicted molar refractivity (Wildman–Crippen MR) is 61.7 cm³/mol. The van der Waals surface area contributed by atoms with Crippen molar-refractivity contribution in [3.63, 3.8) is 0 Å². The molecule has 0 aliphatic carbocycles. The Balaban J connectivity index is 2.48. The number of H-pyrrole nitrogens is 1. The third kappa shape index (κ3) is 2.93. The summed E-state index contributed by atoms with van der Waals surface area (Å²) in [4.78, 5) is 6.66. The molecule has 2 aromatic rings. The Hall–Kier alpha value is -1.89. The lowest BCUT2D eigenvalue weighted by atomic mass is 10.1. The van der Waals surface area contributed by atoms with E-state index in [0.29, 0.717) is 18.3 Å². The van der Waals surface area contributed by atoms with Gasteiger partial charge in [-0.25, -0.2) is 9.37 Å². The van der Waals surface area contributed by atoms with Crippen LogP contribution in [0.1, 0.15) is 11.3 Å². The number of hydrogen-bond donors (Lipinski definition) is 2. The van der Waals surface area contributed by atoms with Crippen LogP contribution in [0.25, 0.3) is 11.4 Å². The molecule has 0 aliphatic rings. The number of imidazole rings is 1. The van der Waals surface area contributed by atoms with E-state index in [4.69, 9.17) is 0 Å². The van der Waals surface area contributed by atoms with Gasteiger partial charge in [-0.05, 0) is 25.2 Å². The molecule has 2 N–H and O–H groups in total. The number of aromatic amines is 1. The van der Waals surface area contributed by atoms with E-state index in [-0.39, 0.29) is 11.4 Å². The Kier molecular flexibility index (Phi) is 3.57. The quantitative estimate of drug-likeness (QED) is 0.844. The van der Waals surface area contributed by atoms with E-state index < -0.39 is 17.6 Å². The Bertz CT molecular complexity index is 575. The van der Waals surface area contributed by atoms with E-state index in [9.17, 15) is 17.6 Å². The molecule has 2 rings (SSSR count). The fourth-order valence-corrected chi connectivity index (χ4v) is 1.73. The van der Waals surface area contributed by atoms with Gasteiger partial charge in [0.1, 0.15) is 11.6 Å². The summed E-state index contributed by atoms with van der Waals surface area (Å²) < 4.78 is 51.5. The number of nitrogens with zero attached hydrogens (tertiary/aromatic N) is 1. The molecule has 1 aromatic carbocycles. The van der Waals surface area contributed by atoms with Crippen molar-refractivity contribution in [1.82, 2.24) is 15.3 Å². The second-order valence-corrected chi connectivity index (χ2v) is 3.98. The van der Waals surface area contributed by atoms with Crippen molar-refractivity contribution in [2.24, 2.45) is 0 Å². The van der Waals surface area contributed by atoms with Gasteiger partial charge in [-0.2, -0.15) is 13.2 Å². The highest BCUT2D eigenvalue weighted by atomic mass is 19.4. The summed E-state index contributed by atoms with van der Waals surface area (Å²) in [6.45, 7) is 0.454. The number of alkyl halides is 3. The van der Waals surface area contributed by atoms with E-state index in [1.807, 2.05) is 0 Å². The molecule has 1 heterocycles. The number of benzene rings is 1. The van der Waals surface area contributed by atoms with Crippen molar-refractivity contribution in [2.75, 3.05) is 7.05 Å². The molecule has 0 bridgehead atoms. The summed E-state index contributed by atoms with van der Waals surface area (Å²) in [5.41, 5.74) is -0.566. The second kappa shape index (κ2) is 5.00. The molecular formula is C12H11F4N3. The first-order valence-corrected chi connectivity index (χ1v) is 5.47. The minimum Gasteiger partial charge on any atom is -0.341 e. The van der Waals surface area contributed by atoms with E-state index in [2.05, 4.69) is 15.3 Å². The van der Waals surface area contributed by atoms with E-state index in [1.165, 1.54) is 6.20 Å². The zero-order chi connectivity index (χ0) is 14.0. The average Bonchev–Trinajstić information content (AvgIpc) is 2.77. The molecule has 7 heteroatoms. The fraction of sp³-hybridized carbons (Fsp3) is 0.250. The van der Waals surface area contributed by atoms with E-state index >= 15 is 0 Å². The molecule has 0 unspecified atom stereocenters. The summed E-state index contributed by atoms with van der Waals surface area (Å²) in [5, 5.41) is 2.85. The van der Waals surface area contributed by atoms with Crippen LogP contribution in [-0.2, 0) is 12.7 Å². The van der Waals surface area contributed by atoms with Crippen molar-refractivity contribution in [2.45, 2.75) is 12.7 Å². The van der Waals surface area contributed by atoms with Crippen LogP contribution in [0.2, 0.25) is 0 Å². The summed E-state index contributed by atoms with van der Waals surface area (Å²) in [6.07, 6.45) is -3.19. The highest BCUT2D eigenvalue weighted by Crippen LogP contribution is 2.36.